The number of ether oxygens (including phenoxy) is 1. The van der Waals surface area contributed by atoms with Gasteiger partial charge in [-0.3, -0.25) is 4.79 Å². The van der Waals surface area contributed by atoms with E-state index in [1.54, 1.807) is 30.3 Å². The van der Waals surface area contributed by atoms with Gasteiger partial charge < -0.3 is 10.1 Å². The number of carbonyl (C=O) groups excluding carboxylic acids is 2. The fourth-order valence-corrected chi connectivity index (χ4v) is 1.90. The van der Waals surface area contributed by atoms with Gasteiger partial charge in [-0.2, -0.15) is 5.10 Å². The number of aromatic nitrogens is 5. The summed E-state index contributed by atoms with van der Waals surface area (Å²) in [6.07, 6.45) is 2.85. The summed E-state index contributed by atoms with van der Waals surface area (Å²) in [6.45, 7) is 0. The molecular formula is C15H12N6O3. The Morgan fingerprint density at radius 3 is 2.46 bits per heavy atom. The van der Waals surface area contributed by atoms with Gasteiger partial charge in [0.05, 0.1) is 12.7 Å². The van der Waals surface area contributed by atoms with E-state index >= 15 is 0 Å². The third-order valence-electron chi connectivity index (χ3n) is 3.10. The smallest absolute Gasteiger partial charge is 0.337 e. The highest BCUT2D eigenvalue weighted by Crippen LogP contribution is 2.12. The van der Waals surface area contributed by atoms with Crippen LogP contribution in [0.2, 0.25) is 0 Å². The summed E-state index contributed by atoms with van der Waals surface area (Å²) in [7, 11) is 1.31. The van der Waals surface area contributed by atoms with Gasteiger partial charge in [-0.25, -0.2) is 14.5 Å². The number of nitrogens with one attached hydrogen (secondary N) is 1. The lowest BCUT2D eigenvalue weighted by molar-refractivity contribution is 0.0600. The Labute approximate surface area is 136 Å². The molecule has 9 nitrogen and oxygen atoms in total. The summed E-state index contributed by atoms with van der Waals surface area (Å²) in [5.41, 5.74) is 1.07. The van der Waals surface area contributed by atoms with Gasteiger partial charge in [-0.05, 0) is 36.4 Å². The van der Waals surface area contributed by atoms with Gasteiger partial charge in [0.15, 0.2) is 11.5 Å². The van der Waals surface area contributed by atoms with Crippen LogP contribution in [-0.2, 0) is 4.74 Å². The van der Waals surface area contributed by atoms with Crippen LogP contribution < -0.4 is 5.32 Å². The van der Waals surface area contributed by atoms with E-state index in [0.29, 0.717) is 17.1 Å². The molecule has 1 aromatic carbocycles. The molecular weight excluding hydrogens is 312 g/mol. The van der Waals surface area contributed by atoms with Crippen molar-refractivity contribution in [1.82, 2.24) is 25.0 Å². The Kier molecular flexibility index (Phi) is 4.23. The van der Waals surface area contributed by atoms with E-state index in [0.717, 1.165) is 0 Å². The van der Waals surface area contributed by atoms with Gasteiger partial charge in [-0.1, -0.05) is 0 Å². The molecule has 120 valence electrons. The first-order valence-corrected chi connectivity index (χ1v) is 6.86. The summed E-state index contributed by atoms with van der Waals surface area (Å²) in [6, 6.07) is 9.45. The average Bonchev–Trinajstić information content (AvgIpc) is 3.16. The number of nitrogens with zero attached hydrogens (tertiary/aromatic N) is 5. The molecule has 0 spiro atoms. The maximum Gasteiger partial charge on any atom is 0.337 e. The van der Waals surface area contributed by atoms with Gasteiger partial charge in [0.2, 0.25) is 0 Å². The molecule has 1 amide bonds. The lowest BCUT2D eigenvalue weighted by atomic mass is 10.2. The Hall–Kier alpha value is -3.62. The summed E-state index contributed by atoms with van der Waals surface area (Å²) in [5, 5.41) is 14.4. The number of carbonyl (C=O) groups is 2. The third kappa shape index (κ3) is 3.24. The lowest BCUT2D eigenvalue weighted by Gasteiger charge is -2.06. The van der Waals surface area contributed by atoms with Gasteiger partial charge in [0.1, 0.15) is 12.7 Å². The summed E-state index contributed by atoms with van der Waals surface area (Å²) >= 11 is 0. The maximum atomic E-state index is 12.1. The predicted octanol–water partition coefficient (Wildman–Crippen LogP) is 1.10. The van der Waals surface area contributed by atoms with Crippen LogP contribution in [0.3, 0.4) is 0 Å². The van der Waals surface area contributed by atoms with Crippen molar-refractivity contribution in [2.45, 2.75) is 0 Å². The van der Waals surface area contributed by atoms with E-state index in [1.165, 1.54) is 30.5 Å². The first-order chi connectivity index (χ1) is 11.7. The summed E-state index contributed by atoms with van der Waals surface area (Å²) in [4.78, 5) is 27.3. The second-order valence-electron chi connectivity index (χ2n) is 4.64. The Morgan fingerprint density at radius 1 is 1.08 bits per heavy atom. The first-order valence-electron chi connectivity index (χ1n) is 6.86. The van der Waals surface area contributed by atoms with E-state index < -0.39 is 11.9 Å². The van der Waals surface area contributed by atoms with Crippen molar-refractivity contribution in [3.05, 3.63) is 60.3 Å². The van der Waals surface area contributed by atoms with Crippen LogP contribution in [0.25, 0.3) is 5.82 Å². The number of esters is 1. The van der Waals surface area contributed by atoms with Crippen molar-refractivity contribution in [1.29, 1.82) is 0 Å². The number of anilines is 1. The molecule has 0 unspecified atom stereocenters. The molecule has 0 radical (unpaired) electrons. The van der Waals surface area contributed by atoms with E-state index in [4.69, 9.17) is 0 Å². The fourth-order valence-electron chi connectivity index (χ4n) is 1.90. The molecule has 3 rings (SSSR count). The number of benzene rings is 1. The highest BCUT2D eigenvalue weighted by molar-refractivity contribution is 6.03. The van der Waals surface area contributed by atoms with E-state index in [2.05, 4.69) is 30.3 Å². The van der Waals surface area contributed by atoms with Gasteiger partial charge in [0, 0.05) is 5.69 Å². The lowest BCUT2D eigenvalue weighted by Crippen LogP contribution is -2.15. The summed E-state index contributed by atoms with van der Waals surface area (Å²) < 4.78 is 6.04. The molecule has 0 bridgehead atoms. The minimum Gasteiger partial charge on any atom is -0.465 e. The predicted molar refractivity (Wildman–Crippen MR) is 82.7 cm³/mol. The molecule has 2 heterocycles. The van der Waals surface area contributed by atoms with Crippen molar-refractivity contribution < 1.29 is 14.3 Å². The second kappa shape index (κ2) is 6.65. The zero-order valence-electron chi connectivity index (χ0n) is 12.6. The normalized spacial score (nSPS) is 10.2. The van der Waals surface area contributed by atoms with Crippen molar-refractivity contribution in [3.63, 3.8) is 0 Å². The van der Waals surface area contributed by atoms with Gasteiger partial charge >= 0.3 is 5.97 Å². The summed E-state index contributed by atoms with van der Waals surface area (Å²) in [5.74, 6) is -0.410. The van der Waals surface area contributed by atoms with Crippen molar-refractivity contribution in [2.75, 3.05) is 12.4 Å². The average molecular weight is 324 g/mol. The number of hydrogen-bond donors (Lipinski definition) is 1. The van der Waals surface area contributed by atoms with Crippen LogP contribution in [0.5, 0.6) is 0 Å². The Balaban J connectivity index is 1.69. The van der Waals surface area contributed by atoms with Gasteiger partial charge in [-0.15, -0.1) is 10.2 Å². The molecule has 24 heavy (non-hydrogen) atoms. The molecule has 0 aliphatic rings. The van der Waals surface area contributed by atoms with E-state index in [9.17, 15) is 9.59 Å². The van der Waals surface area contributed by atoms with E-state index in [1.807, 2.05) is 0 Å². The monoisotopic (exact) mass is 324 g/mol. The molecule has 0 fully saturated rings. The number of hydrogen-bond acceptors (Lipinski definition) is 7. The topological polar surface area (TPSA) is 112 Å². The van der Waals surface area contributed by atoms with Crippen LogP contribution in [-0.4, -0.2) is 43.9 Å². The Morgan fingerprint density at radius 2 is 1.88 bits per heavy atom. The molecule has 0 aliphatic heterocycles. The molecule has 0 saturated carbocycles. The molecule has 3 aromatic rings. The van der Waals surface area contributed by atoms with Crippen molar-refractivity contribution in [3.8, 4) is 5.82 Å². The molecule has 2 aromatic heterocycles. The zero-order chi connectivity index (χ0) is 16.9. The third-order valence-corrected chi connectivity index (χ3v) is 3.10. The second-order valence-corrected chi connectivity index (χ2v) is 4.64. The highest BCUT2D eigenvalue weighted by atomic mass is 16.5. The minimum absolute atomic E-state index is 0.149. The standard InChI is InChI=1S/C15H12N6O3/c1-24-15(23)10-2-4-11(5-3-10)18-14(22)12-6-7-13(20-19-12)21-9-16-8-17-21/h2-9H,1H3,(H,18,22). The SMILES string of the molecule is COC(=O)c1ccc(NC(=O)c2ccc(-n3cncn3)nn2)cc1. The van der Waals surface area contributed by atoms with E-state index in [-0.39, 0.29) is 5.69 Å². The van der Waals surface area contributed by atoms with Gasteiger partial charge in [0.25, 0.3) is 5.91 Å². The zero-order valence-corrected chi connectivity index (χ0v) is 12.6. The first kappa shape index (κ1) is 15.3. The molecule has 0 aliphatic carbocycles. The number of methoxy groups -OCH3 is 1. The molecule has 1 N–H and O–H groups in total. The van der Waals surface area contributed by atoms with Crippen LogP contribution in [0.1, 0.15) is 20.8 Å². The Bertz CT molecular complexity index is 844. The fraction of sp³-hybridized carbons (Fsp3) is 0.0667. The number of rotatable bonds is 4. The molecule has 9 heteroatoms. The minimum atomic E-state index is -0.442. The number of amides is 1. The molecule has 0 saturated heterocycles. The quantitative estimate of drug-likeness (QED) is 0.715. The van der Waals surface area contributed by atoms with Crippen LogP contribution in [0.15, 0.2) is 49.1 Å². The molecule has 0 atom stereocenters. The largest absolute Gasteiger partial charge is 0.465 e. The van der Waals surface area contributed by atoms with Crippen LogP contribution >= 0.6 is 0 Å². The van der Waals surface area contributed by atoms with Crippen molar-refractivity contribution >= 4 is 17.6 Å². The van der Waals surface area contributed by atoms with Crippen LogP contribution in [0.4, 0.5) is 5.69 Å². The van der Waals surface area contributed by atoms with Crippen molar-refractivity contribution in [2.24, 2.45) is 0 Å². The van der Waals surface area contributed by atoms with Crippen LogP contribution in [0, 0.1) is 0 Å². The maximum absolute atomic E-state index is 12.1. The highest BCUT2D eigenvalue weighted by Gasteiger charge is 2.10.